The normalized spacial score (nSPS) is 12.2. The summed E-state index contributed by atoms with van der Waals surface area (Å²) < 4.78 is 0. The second kappa shape index (κ2) is 7.61. The van der Waals surface area contributed by atoms with Crippen molar-refractivity contribution in [2.75, 3.05) is 30.4 Å². The lowest BCUT2D eigenvalue weighted by molar-refractivity contribution is -0.384. The zero-order valence-electron chi connectivity index (χ0n) is 12.1. The molecule has 4 N–H and O–H groups in total. The molecule has 8 heteroatoms. The molecule has 0 aromatic carbocycles. The number of hydrogen-bond acceptors (Lipinski definition) is 7. The van der Waals surface area contributed by atoms with Crippen LogP contribution in [0.25, 0.3) is 0 Å². The van der Waals surface area contributed by atoms with Crippen LogP contribution in [0.3, 0.4) is 0 Å². The minimum absolute atomic E-state index is 0.0505. The number of nitrogen functional groups attached to an aromatic ring is 1. The van der Waals surface area contributed by atoms with E-state index in [1.165, 1.54) is 12.1 Å². The molecule has 20 heavy (non-hydrogen) atoms. The molecule has 1 unspecified atom stereocenters. The van der Waals surface area contributed by atoms with Crippen molar-refractivity contribution in [2.24, 2.45) is 5.84 Å². The van der Waals surface area contributed by atoms with Crippen LogP contribution in [0.1, 0.15) is 20.8 Å². The van der Waals surface area contributed by atoms with Gasteiger partial charge in [-0.1, -0.05) is 13.8 Å². The van der Waals surface area contributed by atoms with Crippen molar-refractivity contribution < 1.29 is 4.92 Å². The molecule has 1 aromatic heterocycles. The Labute approximate surface area is 118 Å². The molecule has 0 radical (unpaired) electrons. The number of hydrazine groups is 1. The predicted molar refractivity (Wildman–Crippen MR) is 79.6 cm³/mol. The van der Waals surface area contributed by atoms with Gasteiger partial charge in [-0.15, -0.1) is 0 Å². The maximum atomic E-state index is 10.9. The molecule has 0 saturated heterocycles. The van der Waals surface area contributed by atoms with Crippen molar-refractivity contribution in [1.29, 1.82) is 0 Å². The lowest BCUT2D eigenvalue weighted by Gasteiger charge is -2.23. The number of rotatable bonds is 8. The number of nitro groups is 1. The van der Waals surface area contributed by atoms with E-state index < -0.39 is 4.92 Å². The van der Waals surface area contributed by atoms with Gasteiger partial charge in [0.2, 0.25) is 0 Å². The molecule has 0 bridgehead atoms. The number of pyridine rings is 1. The van der Waals surface area contributed by atoms with Gasteiger partial charge in [0.25, 0.3) is 5.69 Å². The van der Waals surface area contributed by atoms with Gasteiger partial charge in [-0.05, 0) is 20.0 Å². The van der Waals surface area contributed by atoms with Gasteiger partial charge in [0.15, 0.2) is 0 Å². The third-order valence-electron chi connectivity index (χ3n) is 2.99. The van der Waals surface area contributed by atoms with Crippen LogP contribution in [0.5, 0.6) is 0 Å². The molecule has 112 valence electrons. The molecular weight excluding hydrogens is 260 g/mol. The smallest absolute Gasteiger partial charge is 0.276 e. The number of likely N-dealkylation sites (N-methyl/N-ethyl adjacent to an activating group) is 1. The van der Waals surface area contributed by atoms with Gasteiger partial charge >= 0.3 is 0 Å². The first-order valence-electron chi connectivity index (χ1n) is 6.62. The highest BCUT2D eigenvalue weighted by atomic mass is 16.6. The van der Waals surface area contributed by atoms with Crippen LogP contribution in [-0.2, 0) is 0 Å². The van der Waals surface area contributed by atoms with Crippen molar-refractivity contribution >= 4 is 17.3 Å². The maximum Gasteiger partial charge on any atom is 0.276 e. The Hall–Kier alpha value is -1.93. The first kappa shape index (κ1) is 16.1. The number of nitrogens with one attached hydrogen (secondary N) is 2. The Morgan fingerprint density at radius 3 is 2.50 bits per heavy atom. The Morgan fingerprint density at radius 1 is 1.40 bits per heavy atom. The van der Waals surface area contributed by atoms with Crippen LogP contribution in [0, 0.1) is 10.1 Å². The molecule has 0 saturated carbocycles. The van der Waals surface area contributed by atoms with E-state index in [9.17, 15) is 10.1 Å². The largest absolute Gasteiger partial charge is 0.366 e. The second-order valence-corrected chi connectivity index (χ2v) is 4.53. The molecule has 1 rings (SSSR count). The summed E-state index contributed by atoms with van der Waals surface area (Å²) in [6.45, 7) is 8.95. The third kappa shape index (κ3) is 4.63. The summed E-state index contributed by atoms with van der Waals surface area (Å²) in [5.41, 5.74) is 2.28. The Balaban J connectivity index is 2.80. The summed E-state index contributed by atoms with van der Waals surface area (Å²) in [6, 6.07) is 2.81. The topological polar surface area (TPSA) is 109 Å². The third-order valence-corrected chi connectivity index (χ3v) is 2.99. The minimum atomic E-state index is -0.469. The fourth-order valence-corrected chi connectivity index (χ4v) is 1.94. The molecule has 0 spiro atoms. The standard InChI is InChI=1S/C12H22N6O2/c1-4-17(5-2)8-9(3)14-11-6-10(18(19)20)7-12(15-11)16-13/h6-7,9H,4-5,8,13H2,1-3H3,(H2,14,15,16). The molecule has 0 fully saturated rings. The van der Waals surface area contributed by atoms with E-state index in [1.54, 1.807) is 0 Å². The summed E-state index contributed by atoms with van der Waals surface area (Å²) in [6.07, 6.45) is 0. The fraction of sp³-hybridized carbons (Fsp3) is 0.583. The van der Waals surface area contributed by atoms with Crippen molar-refractivity contribution in [3.63, 3.8) is 0 Å². The van der Waals surface area contributed by atoms with Crippen LogP contribution >= 0.6 is 0 Å². The average molecular weight is 282 g/mol. The first-order valence-corrected chi connectivity index (χ1v) is 6.62. The quantitative estimate of drug-likeness (QED) is 0.376. The number of nitrogens with two attached hydrogens (primary N) is 1. The summed E-state index contributed by atoms with van der Waals surface area (Å²) in [5, 5.41) is 14.0. The number of hydrogen-bond donors (Lipinski definition) is 3. The SMILES string of the molecule is CCN(CC)CC(C)Nc1cc([N+](=O)[O-])cc(NN)n1. The van der Waals surface area contributed by atoms with Crippen molar-refractivity contribution in [1.82, 2.24) is 9.88 Å². The van der Waals surface area contributed by atoms with Crippen LogP contribution in [0.15, 0.2) is 12.1 Å². The van der Waals surface area contributed by atoms with Crippen LogP contribution < -0.4 is 16.6 Å². The summed E-state index contributed by atoms with van der Waals surface area (Å²) in [5.74, 6) is 5.97. The van der Waals surface area contributed by atoms with Crippen LogP contribution in [0.4, 0.5) is 17.3 Å². The van der Waals surface area contributed by atoms with Gasteiger partial charge < -0.3 is 15.6 Å². The molecule has 1 heterocycles. The van der Waals surface area contributed by atoms with Crippen molar-refractivity contribution in [3.8, 4) is 0 Å². The number of aromatic nitrogens is 1. The first-order chi connectivity index (χ1) is 9.49. The zero-order valence-corrected chi connectivity index (χ0v) is 12.1. The van der Waals surface area contributed by atoms with Crippen molar-refractivity contribution in [2.45, 2.75) is 26.8 Å². The highest BCUT2D eigenvalue weighted by molar-refractivity contribution is 5.54. The summed E-state index contributed by atoms with van der Waals surface area (Å²) >= 11 is 0. The van der Waals surface area contributed by atoms with Gasteiger partial charge in [-0.2, -0.15) is 0 Å². The van der Waals surface area contributed by atoms with E-state index in [2.05, 4.69) is 34.5 Å². The molecule has 1 atom stereocenters. The Morgan fingerprint density at radius 2 is 2.00 bits per heavy atom. The van der Waals surface area contributed by atoms with E-state index in [4.69, 9.17) is 5.84 Å². The minimum Gasteiger partial charge on any atom is -0.366 e. The van der Waals surface area contributed by atoms with Crippen molar-refractivity contribution in [3.05, 3.63) is 22.2 Å². The van der Waals surface area contributed by atoms with E-state index >= 15 is 0 Å². The van der Waals surface area contributed by atoms with Gasteiger partial charge in [-0.3, -0.25) is 10.1 Å². The monoisotopic (exact) mass is 282 g/mol. The summed E-state index contributed by atoms with van der Waals surface area (Å²) in [7, 11) is 0. The Bertz CT molecular complexity index is 450. The molecule has 0 aliphatic carbocycles. The number of nitrogens with zero attached hydrogens (tertiary/aromatic N) is 3. The highest BCUT2D eigenvalue weighted by Gasteiger charge is 2.13. The molecule has 0 aliphatic heterocycles. The lowest BCUT2D eigenvalue weighted by atomic mass is 10.3. The molecular formula is C12H22N6O2. The van der Waals surface area contributed by atoms with Crippen LogP contribution in [0.2, 0.25) is 0 Å². The molecule has 0 amide bonds. The van der Waals surface area contributed by atoms with Gasteiger partial charge in [0.05, 0.1) is 17.1 Å². The zero-order chi connectivity index (χ0) is 15.1. The average Bonchev–Trinajstić information content (AvgIpc) is 2.44. The second-order valence-electron chi connectivity index (χ2n) is 4.53. The van der Waals surface area contributed by atoms with E-state index in [1.807, 2.05) is 6.92 Å². The molecule has 0 aliphatic rings. The van der Waals surface area contributed by atoms with E-state index in [-0.39, 0.29) is 17.5 Å². The van der Waals surface area contributed by atoms with Gasteiger partial charge in [0, 0.05) is 12.6 Å². The van der Waals surface area contributed by atoms with E-state index in [0.717, 1.165) is 19.6 Å². The predicted octanol–water partition coefficient (Wildman–Crippen LogP) is 1.42. The fourth-order valence-electron chi connectivity index (χ4n) is 1.94. The lowest BCUT2D eigenvalue weighted by Crippen LogP contribution is -2.35. The molecule has 8 nitrogen and oxygen atoms in total. The van der Waals surface area contributed by atoms with Gasteiger partial charge in [-0.25, -0.2) is 10.8 Å². The highest BCUT2D eigenvalue weighted by Crippen LogP contribution is 2.20. The van der Waals surface area contributed by atoms with E-state index in [0.29, 0.717) is 5.82 Å². The molecule has 1 aromatic rings. The Kier molecular flexibility index (Phi) is 6.13. The maximum absolute atomic E-state index is 10.9. The van der Waals surface area contributed by atoms with Crippen LogP contribution in [-0.4, -0.2) is 40.5 Å². The summed E-state index contributed by atoms with van der Waals surface area (Å²) in [4.78, 5) is 16.8. The van der Waals surface area contributed by atoms with Gasteiger partial charge in [0.1, 0.15) is 11.6 Å². The number of anilines is 2.